The Morgan fingerprint density at radius 3 is 2.84 bits per heavy atom. The van der Waals surface area contributed by atoms with Gasteiger partial charge in [0.05, 0.1) is 45.9 Å². The molecule has 0 fully saturated rings. The van der Waals surface area contributed by atoms with Gasteiger partial charge in [-0.25, -0.2) is 9.67 Å². The molecule has 0 aliphatic carbocycles. The summed E-state index contributed by atoms with van der Waals surface area (Å²) in [6, 6.07) is 17.3. The van der Waals surface area contributed by atoms with E-state index in [1.165, 1.54) is 0 Å². The lowest BCUT2D eigenvalue weighted by Crippen LogP contribution is -2.06. The van der Waals surface area contributed by atoms with Gasteiger partial charge in [0.2, 0.25) is 0 Å². The molecule has 4 heterocycles. The fourth-order valence-corrected chi connectivity index (χ4v) is 4.07. The van der Waals surface area contributed by atoms with Crippen molar-refractivity contribution in [2.45, 2.75) is 6.54 Å². The van der Waals surface area contributed by atoms with Gasteiger partial charge >= 0.3 is 0 Å². The highest BCUT2D eigenvalue weighted by molar-refractivity contribution is 6.32. The summed E-state index contributed by atoms with van der Waals surface area (Å²) >= 11 is 12.4. The molecule has 6 aromatic rings. The van der Waals surface area contributed by atoms with Crippen molar-refractivity contribution in [3.63, 3.8) is 0 Å². The Hall–Kier alpha value is -3.75. The summed E-state index contributed by atoms with van der Waals surface area (Å²) in [5, 5.41) is 22.2. The van der Waals surface area contributed by atoms with Gasteiger partial charge in [-0.3, -0.25) is 9.78 Å². The summed E-state index contributed by atoms with van der Waals surface area (Å²) < 4.78 is 3.66. The van der Waals surface area contributed by atoms with Crippen molar-refractivity contribution < 1.29 is 0 Å². The molecule has 0 bridgehead atoms. The predicted octanol–water partition coefficient (Wildman–Crippen LogP) is 4.91. The Balaban J connectivity index is 1.42. The standard InChI is InChI=1S/C22H14Cl2N8/c23-16-4-6-22(24)27-19(16)12-31-20(7-8-26-31)13-2-5-17-21(9-13)32(30-29-17)15-3-1-14-11-25-28-18(14)10-15/h1-11H,12H2,(H,25,28). The van der Waals surface area contributed by atoms with Crippen LogP contribution in [0.3, 0.4) is 0 Å². The smallest absolute Gasteiger partial charge is 0.129 e. The van der Waals surface area contributed by atoms with E-state index in [9.17, 15) is 0 Å². The summed E-state index contributed by atoms with van der Waals surface area (Å²) in [5.41, 5.74) is 6.05. The van der Waals surface area contributed by atoms with Crippen LogP contribution in [0.2, 0.25) is 10.2 Å². The minimum atomic E-state index is 0.392. The zero-order chi connectivity index (χ0) is 21.7. The molecule has 1 N–H and O–H groups in total. The lowest BCUT2D eigenvalue weighted by atomic mass is 10.1. The van der Waals surface area contributed by atoms with Crippen molar-refractivity contribution in [2.24, 2.45) is 0 Å². The number of aromatic nitrogens is 8. The Morgan fingerprint density at radius 1 is 0.969 bits per heavy atom. The monoisotopic (exact) mass is 460 g/mol. The third kappa shape index (κ3) is 3.21. The van der Waals surface area contributed by atoms with E-state index in [0.29, 0.717) is 22.4 Å². The zero-order valence-electron chi connectivity index (χ0n) is 16.4. The number of H-pyrrole nitrogens is 1. The van der Waals surface area contributed by atoms with E-state index in [2.05, 4.69) is 30.6 Å². The molecule has 8 nitrogen and oxygen atoms in total. The SMILES string of the molecule is Clc1ccc(Cl)c(Cn2nccc2-c2ccc3nnn(-c4ccc5cn[nH]c5c4)c3c2)n1. The predicted molar refractivity (Wildman–Crippen MR) is 123 cm³/mol. The molecule has 0 saturated heterocycles. The van der Waals surface area contributed by atoms with Crippen molar-refractivity contribution in [1.82, 2.24) is 40.0 Å². The molecular formula is C22H14Cl2N8. The van der Waals surface area contributed by atoms with Crippen molar-refractivity contribution in [1.29, 1.82) is 0 Å². The van der Waals surface area contributed by atoms with Gasteiger partial charge in [0.15, 0.2) is 0 Å². The largest absolute Gasteiger partial charge is 0.278 e. The molecule has 156 valence electrons. The molecule has 10 heteroatoms. The first-order valence-corrected chi connectivity index (χ1v) is 10.5. The number of halogens is 2. The molecule has 0 radical (unpaired) electrons. The fourth-order valence-electron chi connectivity index (χ4n) is 3.74. The van der Waals surface area contributed by atoms with Gasteiger partial charge in [-0.2, -0.15) is 10.2 Å². The number of benzene rings is 2. The number of pyridine rings is 1. The first kappa shape index (κ1) is 19.0. The lowest BCUT2D eigenvalue weighted by Gasteiger charge is -2.09. The van der Waals surface area contributed by atoms with Crippen LogP contribution < -0.4 is 0 Å². The fraction of sp³-hybridized carbons (Fsp3) is 0.0455. The van der Waals surface area contributed by atoms with Gasteiger partial charge in [0.1, 0.15) is 10.7 Å². The second-order valence-corrected chi connectivity index (χ2v) is 8.08. The second kappa shape index (κ2) is 7.44. The Bertz CT molecular complexity index is 1600. The molecule has 0 amide bonds. The molecule has 4 aromatic heterocycles. The van der Waals surface area contributed by atoms with E-state index in [0.717, 1.165) is 38.9 Å². The number of nitrogens with zero attached hydrogens (tertiary/aromatic N) is 7. The van der Waals surface area contributed by atoms with Crippen LogP contribution in [0, 0.1) is 0 Å². The summed E-state index contributed by atoms with van der Waals surface area (Å²) in [7, 11) is 0. The van der Waals surface area contributed by atoms with Crippen molar-refractivity contribution in [3.8, 4) is 16.9 Å². The van der Waals surface area contributed by atoms with Crippen LogP contribution in [-0.4, -0.2) is 40.0 Å². The van der Waals surface area contributed by atoms with E-state index in [4.69, 9.17) is 23.2 Å². The summed E-state index contributed by atoms with van der Waals surface area (Å²) in [5.74, 6) is 0. The molecule has 32 heavy (non-hydrogen) atoms. The summed E-state index contributed by atoms with van der Waals surface area (Å²) in [4.78, 5) is 4.34. The average molecular weight is 461 g/mol. The van der Waals surface area contributed by atoms with Crippen molar-refractivity contribution in [2.75, 3.05) is 0 Å². The molecule has 0 spiro atoms. The van der Waals surface area contributed by atoms with Crippen molar-refractivity contribution >= 4 is 45.1 Å². The maximum absolute atomic E-state index is 6.31. The van der Waals surface area contributed by atoms with Gasteiger partial charge < -0.3 is 0 Å². The van der Waals surface area contributed by atoms with Crippen LogP contribution in [0.25, 0.3) is 38.9 Å². The van der Waals surface area contributed by atoms with Crippen LogP contribution in [-0.2, 0) is 6.54 Å². The molecule has 0 atom stereocenters. The Kier molecular flexibility index (Phi) is 4.41. The number of rotatable bonds is 4. The van der Waals surface area contributed by atoms with Crippen LogP contribution in [0.4, 0.5) is 0 Å². The van der Waals surface area contributed by atoms with E-state index in [-0.39, 0.29) is 0 Å². The lowest BCUT2D eigenvalue weighted by molar-refractivity contribution is 0.680. The van der Waals surface area contributed by atoms with Gasteiger partial charge in [-0.15, -0.1) is 5.10 Å². The number of fused-ring (bicyclic) bond motifs is 2. The van der Waals surface area contributed by atoms with Crippen LogP contribution >= 0.6 is 23.2 Å². The Morgan fingerprint density at radius 2 is 1.91 bits per heavy atom. The highest BCUT2D eigenvalue weighted by Gasteiger charge is 2.13. The normalized spacial score (nSPS) is 11.6. The first-order chi connectivity index (χ1) is 15.7. The molecular weight excluding hydrogens is 447 g/mol. The summed E-state index contributed by atoms with van der Waals surface area (Å²) in [6.07, 6.45) is 3.54. The second-order valence-electron chi connectivity index (χ2n) is 7.28. The topological polar surface area (TPSA) is 90.1 Å². The Labute approximate surface area is 191 Å². The first-order valence-electron chi connectivity index (χ1n) is 9.78. The molecule has 0 aliphatic rings. The quantitative estimate of drug-likeness (QED) is 0.377. The molecule has 6 rings (SSSR count). The maximum atomic E-state index is 6.31. The van der Waals surface area contributed by atoms with E-state index in [1.54, 1.807) is 24.5 Å². The number of hydrogen-bond donors (Lipinski definition) is 1. The van der Waals surface area contributed by atoms with Gasteiger partial charge in [0.25, 0.3) is 0 Å². The van der Waals surface area contributed by atoms with E-state index < -0.39 is 0 Å². The van der Waals surface area contributed by atoms with E-state index >= 15 is 0 Å². The van der Waals surface area contributed by atoms with Gasteiger partial charge in [-0.1, -0.05) is 34.5 Å². The maximum Gasteiger partial charge on any atom is 0.129 e. The number of aromatic amines is 1. The zero-order valence-corrected chi connectivity index (χ0v) is 18.0. The van der Waals surface area contributed by atoms with E-state index in [1.807, 2.05) is 51.8 Å². The molecule has 0 aliphatic heterocycles. The molecule has 2 aromatic carbocycles. The molecule has 0 unspecified atom stereocenters. The highest BCUT2D eigenvalue weighted by Crippen LogP contribution is 2.27. The van der Waals surface area contributed by atoms with Crippen LogP contribution in [0.1, 0.15) is 5.69 Å². The minimum absolute atomic E-state index is 0.392. The summed E-state index contributed by atoms with van der Waals surface area (Å²) in [6.45, 7) is 0.397. The minimum Gasteiger partial charge on any atom is -0.278 e. The highest BCUT2D eigenvalue weighted by atomic mass is 35.5. The van der Waals surface area contributed by atoms with Crippen molar-refractivity contribution in [3.05, 3.63) is 82.9 Å². The van der Waals surface area contributed by atoms with Gasteiger partial charge in [-0.05, 0) is 48.5 Å². The third-order valence-corrected chi connectivity index (χ3v) is 5.87. The molecule has 0 saturated carbocycles. The number of hydrogen-bond acceptors (Lipinski definition) is 5. The average Bonchev–Trinajstić information content (AvgIpc) is 3.54. The van der Waals surface area contributed by atoms with Crippen LogP contribution in [0.15, 0.2) is 67.0 Å². The van der Waals surface area contributed by atoms with Crippen LogP contribution in [0.5, 0.6) is 0 Å². The van der Waals surface area contributed by atoms with Gasteiger partial charge in [0, 0.05) is 17.1 Å². The number of nitrogens with one attached hydrogen (secondary N) is 1. The third-order valence-electron chi connectivity index (χ3n) is 5.31.